The first-order valence-electron chi connectivity index (χ1n) is 4.48. The fourth-order valence-corrected chi connectivity index (χ4v) is 1.92. The maximum absolute atomic E-state index is 10.7. The molecule has 0 amide bonds. The van der Waals surface area contributed by atoms with Crippen LogP contribution in [0.1, 0.15) is 19.8 Å². The molecule has 0 heterocycles. The second-order valence-electron chi connectivity index (χ2n) is 3.26. The average Bonchev–Trinajstić information content (AvgIpc) is 2.00. The quantitative estimate of drug-likeness (QED) is 0.389. The molecule has 0 fully saturated rings. The van der Waals surface area contributed by atoms with Gasteiger partial charge in [-0.2, -0.15) is 0 Å². The van der Waals surface area contributed by atoms with Gasteiger partial charge in [-0.25, -0.2) is 0 Å². The van der Waals surface area contributed by atoms with E-state index >= 15 is 0 Å². The summed E-state index contributed by atoms with van der Waals surface area (Å²) >= 11 is 0. The van der Waals surface area contributed by atoms with Gasteiger partial charge in [0, 0.05) is 0 Å². The number of carboxylic acids is 1. The molecule has 0 aliphatic heterocycles. The fourth-order valence-electron chi connectivity index (χ4n) is 1.13. The van der Waals surface area contributed by atoms with Crippen molar-refractivity contribution in [3.8, 4) is 0 Å². The van der Waals surface area contributed by atoms with Gasteiger partial charge in [0.05, 0.1) is 6.16 Å². The number of hydrogen-bond donors (Lipinski definition) is 4. The lowest BCUT2D eigenvalue weighted by Gasteiger charge is -2.09. The van der Waals surface area contributed by atoms with E-state index in [-0.39, 0.29) is 0 Å². The Hall–Kier alpha value is -0.680. The molecule has 0 aliphatic carbocycles. The summed E-state index contributed by atoms with van der Waals surface area (Å²) in [5.41, 5.74) is 5.63. The number of carboxylic acid groups (broad SMARTS) is 1. The molecule has 0 aliphatic rings. The summed E-state index contributed by atoms with van der Waals surface area (Å²) < 4.78 is 10.7. The third-order valence-electron chi connectivity index (χ3n) is 1.68. The minimum Gasteiger partial charge on any atom is -0.480 e. The third-order valence-corrected chi connectivity index (χ3v) is 2.50. The first kappa shape index (κ1) is 14.3. The van der Waals surface area contributed by atoms with Crippen LogP contribution in [0.2, 0.25) is 0 Å². The zero-order chi connectivity index (χ0) is 12.1. The number of aliphatic carboxylic acids is 1. The van der Waals surface area contributed by atoms with Crippen molar-refractivity contribution in [3.05, 3.63) is 11.6 Å². The van der Waals surface area contributed by atoms with Crippen molar-refractivity contribution in [2.24, 2.45) is 5.73 Å². The summed E-state index contributed by atoms with van der Waals surface area (Å²) in [6.45, 7) is 1.83. The summed E-state index contributed by atoms with van der Waals surface area (Å²) in [5.74, 6) is -1.21. The Morgan fingerprint density at radius 2 is 2.07 bits per heavy atom. The molecule has 15 heavy (non-hydrogen) atoms. The highest BCUT2D eigenvalue weighted by Gasteiger charge is 2.17. The van der Waals surface area contributed by atoms with Gasteiger partial charge in [-0.05, 0) is 6.42 Å². The maximum atomic E-state index is 10.7. The van der Waals surface area contributed by atoms with E-state index in [1.54, 1.807) is 0 Å². The van der Waals surface area contributed by atoms with Gasteiger partial charge >= 0.3 is 13.6 Å². The molecule has 0 aromatic rings. The third kappa shape index (κ3) is 7.27. The molecular weight excluding hydrogens is 221 g/mol. The minimum absolute atomic E-state index is 0.390. The summed E-state index contributed by atoms with van der Waals surface area (Å²) in [4.78, 5) is 27.9. The standard InChI is InChI=1S/C8H16NO5P/c1-2-3-6(5-15(12,13)14)4-7(9)8(10)11/h4,7H,2-3,5,9H2,1H3,(H,10,11)(H2,12,13,14)/b6-4-. The highest BCUT2D eigenvalue weighted by molar-refractivity contribution is 7.52. The molecule has 1 unspecified atom stereocenters. The molecule has 0 saturated heterocycles. The van der Waals surface area contributed by atoms with Crippen LogP contribution in [0.15, 0.2) is 11.6 Å². The van der Waals surface area contributed by atoms with Gasteiger partial charge in [0.15, 0.2) is 0 Å². The van der Waals surface area contributed by atoms with E-state index in [1.807, 2.05) is 6.92 Å². The van der Waals surface area contributed by atoms with Crippen molar-refractivity contribution < 1.29 is 24.3 Å². The Labute approximate surface area is 88.0 Å². The van der Waals surface area contributed by atoms with E-state index < -0.39 is 25.8 Å². The highest BCUT2D eigenvalue weighted by atomic mass is 31.2. The lowest BCUT2D eigenvalue weighted by Crippen LogP contribution is -2.28. The van der Waals surface area contributed by atoms with Crippen molar-refractivity contribution >= 4 is 13.6 Å². The van der Waals surface area contributed by atoms with Gasteiger partial charge < -0.3 is 20.6 Å². The molecule has 5 N–H and O–H groups in total. The van der Waals surface area contributed by atoms with Crippen LogP contribution >= 0.6 is 7.60 Å². The van der Waals surface area contributed by atoms with E-state index in [4.69, 9.17) is 20.6 Å². The Morgan fingerprint density at radius 1 is 1.53 bits per heavy atom. The van der Waals surface area contributed by atoms with E-state index in [0.717, 1.165) is 0 Å². The molecule has 0 spiro atoms. The molecule has 88 valence electrons. The largest absolute Gasteiger partial charge is 0.480 e. The molecule has 0 rings (SSSR count). The van der Waals surface area contributed by atoms with Gasteiger partial charge in [-0.3, -0.25) is 9.36 Å². The topological polar surface area (TPSA) is 121 Å². The van der Waals surface area contributed by atoms with Crippen molar-refractivity contribution in [2.75, 3.05) is 6.16 Å². The lowest BCUT2D eigenvalue weighted by atomic mass is 10.1. The molecule has 0 aromatic heterocycles. The van der Waals surface area contributed by atoms with Crippen LogP contribution in [0.5, 0.6) is 0 Å². The normalized spacial score (nSPS) is 15.1. The minimum atomic E-state index is -4.15. The summed E-state index contributed by atoms with van der Waals surface area (Å²) in [6.07, 6.45) is 1.89. The van der Waals surface area contributed by atoms with Gasteiger partial charge in [0.2, 0.25) is 0 Å². The Morgan fingerprint density at radius 3 is 2.40 bits per heavy atom. The second kappa shape index (κ2) is 6.02. The number of carbonyl (C=O) groups is 1. The van der Waals surface area contributed by atoms with Crippen LogP contribution in [0.4, 0.5) is 0 Å². The molecule has 0 bridgehead atoms. The van der Waals surface area contributed by atoms with E-state index in [1.165, 1.54) is 6.08 Å². The van der Waals surface area contributed by atoms with Crippen molar-refractivity contribution in [1.29, 1.82) is 0 Å². The van der Waals surface area contributed by atoms with Crippen LogP contribution in [0, 0.1) is 0 Å². The number of nitrogens with two attached hydrogens (primary N) is 1. The van der Waals surface area contributed by atoms with Crippen LogP contribution in [-0.4, -0.2) is 33.1 Å². The zero-order valence-electron chi connectivity index (χ0n) is 8.46. The smallest absolute Gasteiger partial charge is 0.329 e. The molecule has 0 saturated carbocycles. The van der Waals surface area contributed by atoms with Crippen molar-refractivity contribution in [1.82, 2.24) is 0 Å². The average molecular weight is 237 g/mol. The summed E-state index contributed by atoms with van der Waals surface area (Å²) in [6, 6.07) is -1.21. The molecule has 0 radical (unpaired) electrons. The Kier molecular flexibility index (Phi) is 5.75. The van der Waals surface area contributed by atoms with E-state index in [0.29, 0.717) is 18.4 Å². The Bertz CT molecular complexity index is 295. The first-order valence-corrected chi connectivity index (χ1v) is 6.28. The van der Waals surface area contributed by atoms with E-state index in [9.17, 15) is 9.36 Å². The van der Waals surface area contributed by atoms with Crippen LogP contribution in [0.25, 0.3) is 0 Å². The molecule has 0 aromatic carbocycles. The summed E-state index contributed by atoms with van der Waals surface area (Å²) in [5, 5.41) is 8.53. The zero-order valence-corrected chi connectivity index (χ0v) is 9.35. The van der Waals surface area contributed by atoms with Gasteiger partial charge in [-0.1, -0.05) is 25.0 Å². The van der Waals surface area contributed by atoms with Gasteiger partial charge in [-0.15, -0.1) is 0 Å². The monoisotopic (exact) mass is 237 g/mol. The summed E-state index contributed by atoms with van der Waals surface area (Å²) in [7, 11) is -4.15. The SMILES string of the molecule is CCC/C(=C/C(N)C(=O)O)CP(=O)(O)O. The molecule has 7 heteroatoms. The number of hydrogen-bond acceptors (Lipinski definition) is 3. The fraction of sp³-hybridized carbons (Fsp3) is 0.625. The van der Waals surface area contributed by atoms with Crippen molar-refractivity contribution in [3.63, 3.8) is 0 Å². The number of allylic oxidation sites excluding steroid dienone is 1. The first-order chi connectivity index (χ1) is 6.76. The molecular formula is C8H16NO5P. The second-order valence-corrected chi connectivity index (χ2v) is 4.91. The van der Waals surface area contributed by atoms with Crippen LogP contribution in [0.3, 0.4) is 0 Å². The highest BCUT2D eigenvalue weighted by Crippen LogP contribution is 2.37. The van der Waals surface area contributed by atoms with Crippen LogP contribution in [-0.2, 0) is 9.36 Å². The van der Waals surface area contributed by atoms with E-state index in [2.05, 4.69) is 0 Å². The number of rotatable bonds is 6. The predicted molar refractivity (Wildman–Crippen MR) is 55.5 cm³/mol. The maximum Gasteiger partial charge on any atom is 0.329 e. The van der Waals surface area contributed by atoms with Gasteiger partial charge in [0.25, 0.3) is 0 Å². The molecule has 6 nitrogen and oxygen atoms in total. The predicted octanol–water partition coefficient (Wildman–Crippen LogP) is 0.302. The van der Waals surface area contributed by atoms with Gasteiger partial charge in [0.1, 0.15) is 6.04 Å². The van der Waals surface area contributed by atoms with Crippen molar-refractivity contribution in [2.45, 2.75) is 25.8 Å². The lowest BCUT2D eigenvalue weighted by molar-refractivity contribution is -0.137. The molecule has 1 atom stereocenters. The Balaban J connectivity index is 4.65. The van der Waals surface area contributed by atoms with Crippen LogP contribution < -0.4 is 5.73 Å².